The van der Waals surface area contributed by atoms with Crippen LogP contribution in [0.3, 0.4) is 0 Å². The third-order valence-electron chi connectivity index (χ3n) is 1.70. The van der Waals surface area contributed by atoms with Gasteiger partial charge in [-0.2, -0.15) is 11.8 Å². The molecule has 0 aliphatic carbocycles. The summed E-state index contributed by atoms with van der Waals surface area (Å²) in [5.74, 6) is 0. The van der Waals surface area contributed by atoms with E-state index >= 15 is 0 Å². The van der Waals surface area contributed by atoms with Crippen LogP contribution in [0.2, 0.25) is 0 Å². The van der Waals surface area contributed by atoms with Crippen molar-refractivity contribution in [2.45, 2.75) is 45.8 Å². The van der Waals surface area contributed by atoms with E-state index in [9.17, 15) is 0 Å². The first-order chi connectivity index (χ1) is 4.45. The lowest BCUT2D eigenvalue weighted by atomic mass is 9.90. The molecule has 0 radical (unpaired) electrons. The van der Waals surface area contributed by atoms with Gasteiger partial charge in [-0.1, -0.05) is 27.7 Å². The molecule has 0 spiro atoms. The molecule has 0 saturated carbocycles. The molecule has 1 atom stereocenters. The molecule has 0 amide bonds. The SMILES string of the molecule is CSC(C)CCC(C)(C)C. The first kappa shape index (κ1) is 10.3. The smallest absolute Gasteiger partial charge is 0.00161 e. The van der Waals surface area contributed by atoms with Crippen molar-refractivity contribution in [3.63, 3.8) is 0 Å². The molecule has 0 aliphatic heterocycles. The Morgan fingerprint density at radius 3 is 2.10 bits per heavy atom. The fraction of sp³-hybridized carbons (Fsp3) is 1.00. The van der Waals surface area contributed by atoms with Crippen molar-refractivity contribution in [3.05, 3.63) is 0 Å². The van der Waals surface area contributed by atoms with Crippen molar-refractivity contribution >= 4 is 11.8 Å². The second-order valence-electron chi connectivity index (χ2n) is 4.15. The van der Waals surface area contributed by atoms with Gasteiger partial charge >= 0.3 is 0 Å². The fourth-order valence-electron chi connectivity index (χ4n) is 0.754. The molecule has 1 unspecified atom stereocenters. The second-order valence-corrected chi connectivity index (χ2v) is 5.42. The monoisotopic (exact) mass is 160 g/mol. The molecule has 0 aromatic rings. The van der Waals surface area contributed by atoms with Crippen LogP contribution in [0, 0.1) is 5.41 Å². The minimum Gasteiger partial charge on any atom is -0.162 e. The van der Waals surface area contributed by atoms with Crippen molar-refractivity contribution in [2.24, 2.45) is 5.41 Å². The molecule has 0 saturated heterocycles. The Morgan fingerprint density at radius 2 is 1.80 bits per heavy atom. The van der Waals surface area contributed by atoms with E-state index in [4.69, 9.17) is 0 Å². The van der Waals surface area contributed by atoms with E-state index in [0.717, 1.165) is 5.25 Å². The van der Waals surface area contributed by atoms with E-state index in [0.29, 0.717) is 5.41 Å². The van der Waals surface area contributed by atoms with Crippen LogP contribution in [0.25, 0.3) is 0 Å². The van der Waals surface area contributed by atoms with Crippen molar-refractivity contribution in [1.29, 1.82) is 0 Å². The molecule has 0 fully saturated rings. The van der Waals surface area contributed by atoms with Gasteiger partial charge in [0.15, 0.2) is 0 Å². The van der Waals surface area contributed by atoms with Crippen LogP contribution in [0.5, 0.6) is 0 Å². The van der Waals surface area contributed by atoms with Crippen molar-refractivity contribution < 1.29 is 0 Å². The Balaban J connectivity index is 3.36. The fourth-order valence-corrected chi connectivity index (χ4v) is 1.11. The Kier molecular flexibility index (Phi) is 4.42. The zero-order chi connectivity index (χ0) is 8.20. The lowest BCUT2D eigenvalue weighted by molar-refractivity contribution is 0.366. The average molecular weight is 160 g/mol. The van der Waals surface area contributed by atoms with Gasteiger partial charge in [0, 0.05) is 5.25 Å². The van der Waals surface area contributed by atoms with Gasteiger partial charge in [0.2, 0.25) is 0 Å². The summed E-state index contributed by atoms with van der Waals surface area (Å²) >= 11 is 1.97. The molecule has 0 heterocycles. The van der Waals surface area contributed by atoms with Gasteiger partial charge in [-0.05, 0) is 24.5 Å². The van der Waals surface area contributed by atoms with E-state index < -0.39 is 0 Å². The molecule has 0 aromatic heterocycles. The maximum atomic E-state index is 2.31. The van der Waals surface area contributed by atoms with Crippen LogP contribution in [0.15, 0.2) is 0 Å². The van der Waals surface area contributed by atoms with Gasteiger partial charge in [-0.15, -0.1) is 0 Å². The summed E-state index contributed by atoms with van der Waals surface area (Å²) in [5.41, 5.74) is 0.518. The molecule has 62 valence electrons. The molecular formula is C9H20S. The molecule has 0 nitrogen and oxygen atoms in total. The zero-order valence-electron chi connectivity index (χ0n) is 7.90. The highest BCUT2D eigenvalue weighted by molar-refractivity contribution is 7.99. The molecule has 0 aromatic carbocycles. The van der Waals surface area contributed by atoms with Crippen LogP contribution in [-0.4, -0.2) is 11.5 Å². The summed E-state index contributed by atoms with van der Waals surface area (Å²) in [6.45, 7) is 9.22. The van der Waals surface area contributed by atoms with E-state index in [1.807, 2.05) is 11.8 Å². The maximum absolute atomic E-state index is 2.31. The van der Waals surface area contributed by atoms with E-state index in [1.54, 1.807) is 0 Å². The number of rotatable bonds is 3. The topological polar surface area (TPSA) is 0 Å². The normalized spacial score (nSPS) is 15.3. The first-order valence-corrected chi connectivity index (χ1v) is 5.27. The summed E-state index contributed by atoms with van der Waals surface area (Å²) < 4.78 is 0. The van der Waals surface area contributed by atoms with E-state index in [1.165, 1.54) is 12.8 Å². The highest BCUT2D eigenvalue weighted by atomic mass is 32.2. The Bertz CT molecular complexity index is 81.2. The highest BCUT2D eigenvalue weighted by Gasteiger charge is 2.11. The average Bonchev–Trinajstić information content (AvgIpc) is 1.81. The number of thioether (sulfide) groups is 1. The van der Waals surface area contributed by atoms with Gasteiger partial charge in [-0.25, -0.2) is 0 Å². The van der Waals surface area contributed by atoms with Crippen LogP contribution >= 0.6 is 11.8 Å². The van der Waals surface area contributed by atoms with Gasteiger partial charge < -0.3 is 0 Å². The standard InChI is InChI=1S/C9H20S/c1-8(10-5)6-7-9(2,3)4/h8H,6-7H2,1-5H3. The lowest BCUT2D eigenvalue weighted by Crippen LogP contribution is -2.08. The zero-order valence-corrected chi connectivity index (χ0v) is 8.72. The molecule has 0 aliphatic rings. The predicted molar refractivity (Wildman–Crippen MR) is 51.7 cm³/mol. The Labute approximate surface area is 69.8 Å². The van der Waals surface area contributed by atoms with Crippen LogP contribution in [0.4, 0.5) is 0 Å². The predicted octanol–water partition coefficient (Wildman–Crippen LogP) is 3.56. The minimum absolute atomic E-state index is 0.518. The highest BCUT2D eigenvalue weighted by Crippen LogP contribution is 2.24. The molecule has 10 heavy (non-hydrogen) atoms. The Morgan fingerprint density at radius 1 is 1.30 bits per heavy atom. The third-order valence-corrected chi connectivity index (χ3v) is 2.74. The van der Waals surface area contributed by atoms with Crippen molar-refractivity contribution in [1.82, 2.24) is 0 Å². The van der Waals surface area contributed by atoms with Crippen molar-refractivity contribution in [2.75, 3.05) is 6.26 Å². The summed E-state index contributed by atoms with van der Waals surface area (Å²) in [6.07, 6.45) is 4.88. The molecule has 0 N–H and O–H groups in total. The van der Waals surface area contributed by atoms with Gasteiger partial charge in [-0.3, -0.25) is 0 Å². The second kappa shape index (κ2) is 4.27. The third kappa shape index (κ3) is 6.47. The van der Waals surface area contributed by atoms with E-state index in [-0.39, 0.29) is 0 Å². The van der Waals surface area contributed by atoms with Gasteiger partial charge in [0.1, 0.15) is 0 Å². The summed E-state index contributed by atoms with van der Waals surface area (Å²) in [5, 5.41) is 0.833. The van der Waals surface area contributed by atoms with Gasteiger partial charge in [0.05, 0.1) is 0 Å². The summed E-state index contributed by atoms with van der Waals surface area (Å²) in [7, 11) is 0. The minimum atomic E-state index is 0.518. The molecular weight excluding hydrogens is 140 g/mol. The summed E-state index contributed by atoms with van der Waals surface area (Å²) in [6, 6.07) is 0. The van der Waals surface area contributed by atoms with E-state index in [2.05, 4.69) is 34.0 Å². The molecule has 1 heteroatoms. The van der Waals surface area contributed by atoms with Crippen LogP contribution in [0.1, 0.15) is 40.5 Å². The van der Waals surface area contributed by atoms with Gasteiger partial charge in [0.25, 0.3) is 0 Å². The maximum Gasteiger partial charge on any atom is 0.00161 e. The summed E-state index contributed by atoms with van der Waals surface area (Å²) in [4.78, 5) is 0. The molecule has 0 bridgehead atoms. The first-order valence-electron chi connectivity index (χ1n) is 3.98. The molecule has 0 rings (SSSR count). The van der Waals surface area contributed by atoms with Crippen molar-refractivity contribution in [3.8, 4) is 0 Å². The quantitative estimate of drug-likeness (QED) is 0.608. The Hall–Kier alpha value is 0.350. The van der Waals surface area contributed by atoms with Crippen LogP contribution < -0.4 is 0 Å². The van der Waals surface area contributed by atoms with Crippen LogP contribution in [-0.2, 0) is 0 Å². The number of hydrogen-bond acceptors (Lipinski definition) is 1. The lowest BCUT2D eigenvalue weighted by Gasteiger charge is -2.19. The number of hydrogen-bond donors (Lipinski definition) is 0. The largest absolute Gasteiger partial charge is 0.162 e.